The van der Waals surface area contributed by atoms with Gasteiger partial charge in [0.2, 0.25) is 5.91 Å². The largest absolute Gasteiger partial charge is 0.356 e. The minimum atomic E-state index is -1.26. The van der Waals surface area contributed by atoms with Crippen molar-refractivity contribution in [1.82, 2.24) is 5.32 Å². The molecule has 1 heterocycles. The zero-order valence-corrected chi connectivity index (χ0v) is 9.31. The average Bonchev–Trinajstić information content (AvgIpc) is 2.11. The van der Waals surface area contributed by atoms with E-state index in [1.54, 1.807) is 0 Å². The molecule has 0 aromatic carbocycles. The van der Waals surface area contributed by atoms with Crippen molar-refractivity contribution in [3.05, 3.63) is 0 Å². The summed E-state index contributed by atoms with van der Waals surface area (Å²) in [6.07, 6.45) is 3.49. The molecular formula is C9H19NOSi. The second-order valence-electron chi connectivity index (χ2n) is 4.71. The zero-order valence-electron chi connectivity index (χ0n) is 8.31. The van der Waals surface area contributed by atoms with Gasteiger partial charge in [0.1, 0.15) is 0 Å². The number of carbonyl (C=O) groups excluding carboxylic acids is 1. The third-order valence-corrected chi connectivity index (χ3v) is 5.22. The number of amides is 1. The van der Waals surface area contributed by atoms with Gasteiger partial charge >= 0.3 is 0 Å². The Hall–Kier alpha value is -0.313. The lowest BCUT2D eigenvalue weighted by Crippen LogP contribution is -2.39. The van der Waals surface area contributed by atoms with Crippen LogP contribution in [0.15, 0.2) is 0 Å². The van der Waals surface area contributed by atoms with Crippen LogP contribution >= 0.6 is 0 Å². The smallest absolute Gasteiger partial charge is 0.220 e. The van der Waals surface area contributed by atoms with Crippen molar-refractivity contribution in [2.24, 2.45) is 0 Å². The van der Waals surface area contributed by atoms with Crippen LogP contribution in [-0.2, 0) is 4.79 Å². The summed E-state index contributed by atoms with van der Waals surface area (Å²) < 4.78 is 0. The fourth-order valence-corrected chi connectivity index (χ4v) is 3.72. The van der Waals surface area contributed by atoms with Gasteiger partial charge in [-0.15, -0.1) is 0 Å². The molecule has 1 aliphatic heterocycles. The molecule has 0 aliphatic carbocycles. The Balaban J connectivity index is 2.66. The molecule has 0 spiro atoms. The quantitative estimate of drug-likeness (QED) is 0.622. The maximum atomic E-state index is 11.6. The predicted octanol–water partition coefficient (Wildman–Crippen LogP) is 1.99. The molecule has 1 fully saturated rings. The summed E-state index contributed by atoms with van der Waals surface area (Å²) in [5, 5.41) is 3.00. The highest BCUT2D eigenvalue weighted by Gasteiger charge is 2.33. The van der Waals surface area contributed by atoms with Crippen molar-refractivity contribution in [3.63, 3.8) is 0 Å². The maximum absolute atomic E-state index is 11.6. The summed E-state index contributed by atoms with van der Waals surface area (Å²) in [6.45, 7) is 7.73. The predicted molar refractivity (Wildman–Crippen MR) is 54.0 cm³/mol. The van der Waals surface area contributed by atoms with E-state index in [-0.39, 0.29) is 0 Å². The van der Waals surface area contributed by atoms with Crippen molar-refractivity contribution < 1.29 is 4.79 Å². The standard InChI is InChI=1S/C9H19NOSi/c1-12(2,3)8-6-4-5-7-10-9(8)11/h8H,4-7H2,1-3H3,(H,10,11). The third kappa shape index (κ3) is 2.34. The van der Waals surface area contributed by atoms with Gasteiger partial charge in [-0.25, -0.2) is 0 Å². The minimum Gasteiger partial charge on any atom is -0.356 e. The highest BCUT2D eigenvalue weighted by Crippen LogP contribution is 2.28. The molecule has 1 unspecified atom stereocenters. The molecule has 1 rings (SSSR count). The van der Waals surface area contributed by atoms with Crippen LogP contribution in [0.4, 0.5) is 0 Å². The minimum absolute atomic E-state index is 0.312. The first-order valence-electron chi connectivity index (χ1n) is 4.79. The van der Waals surface area contributed by atoms with Crippen LogP contribution in [0.1, 0.15) is 19.3 Å². The Morgan fingerprint density at radius 3 is 2.58 bits per heavy atom. The van der Waals surface area contributed by atoms with Crippen molar-refractivity contribution in [3.8, 4) is 0 Å². The van der Waals surface area contributed by atoms with Crippen molar-refractivity contribution in [2.45, 2.75) is 44.4 Å². The normalized spacial score (nSPS) is 26.2. The summed E-state index contributed by atoms with van der Waals surface area (Å²) >= 11 is 0. The Kier molecular flexibility index (Phi) is 2.93. The SMILES string of the molecule is C[Si](C)(C)C1CCCCNC1=O. The van der Waals surface area contributed by atoms with Crippen molar-refractivity contribution in [2.75, 3.05) is 6.54 Å². The van der Waals surface area contributed by atoms with E-state index in [4.69, 9.17) is 0 Å². The summed E-state index contributed by atoms with van der Waals surface area (Å²) in [4.78, 5) is 11.6. The van der Waals surface area contributed by atoms with E-state index < -0.39 is 8.07 Å². The number of carbonyl (C=O) groups is 1. The van der Waals surface area contributed by atoms with Gasteiger partial charge in [-0.2, -0.15) is 0 Å². The van der Waals surface area contributed by atoms with Gasteiger partial charge in [0, 0.05) is 12.1 Å². The molecule has 1 amide bonds. The highest BCUT2D eigenvalue weighted by atomic mass is 28.3. The van der Waals surface area contributed by atoms with E-state index in [0.717, 1.165) is 19.4 Å². The number of hydrogen-bond donors (Lipinski definition) is 1. The molecule has 1 atom stereocenters. The Labute approximate surface area is 75.7 Å². The Morgan fingerprint density at radius 2 is 2.00 bits per heavy atom. The molecule has 0 aromatic rings. The van der Waals surface area contributed by atoms with Gasteiger partial charge in [-0.3, -0.25) is 4.79 Å². The van der Waals surface area contributed by atoms with Gasteiger partial charge in [0.05, 0.1) is 8.07 Å². The Morgan fingerprint density at radius 1 is 1.33 bits per heavy atom. The molecule has 70 valence electrons. The third-order valence-electron chi connectivity index (χ3n) is 2.58. The molecular weight excluding hydrogens is 166 g/mol. The number of nitrogens with one attached hydrogen (secondary N) is 1. The molecule has 0 saturated carbocycles. The average molecular weight is 185 g/mol. The van der Waals surface area contributed by atoms with Crippen LogP contribution in [0.5, 0.6) is 0 Å². The van der Waals surface area contributed by atoms with E-state index in [1.807, 2.05) is 0 Å². The van der Waals surface area contributed by atoms with Crippen LogP contribution in [0.25, 0.3) is 0 Å². The van der Waals surface area contributed by atoms with E-state index in [2.05, 4.69) is 25.0 Å². The van der Waals surface area contributed by atoms with Gasteiger partial charge in [-0.05, 0) is 12.8 Å². The van der Waals surface area contributed by atoms with Crippen LogP contribution in [0.3, 0.4) is 0 Å². The molecule has 1 N–H and O–H groups in total. The topological polar surface area (TPSA) is 29.1 Å². The fourth-order valence-electron chi connectivity index (χ4n) is 1.77. The van der Waals surface area contributed by atoms with Crippen LogP contribution in [-0.4, -0.2) is 20.5 Å². The summed E-state index contributed by atoms with van der Waals surface area (Å²) in [6, 6.07) is 0. The molecule has 12 heavy (non-hydrogen) atoms. The second kappa shape index (κ2) is 3.60. The van der Waals surface area contributed by atoms with Crippen LogP contribution < -0.4 is 5.32 Å². The first-order valence-corrected chi connectivity index (χ1v) is 8.37. The van der Waals surface area contributed by atoms with E-state index in [9.17, 15) is 4.79 Å². The van der Waals surface area contributed by atoms with Crippen LogP contribution in [0, 0.1) is 0 Å². The molecule has 0 aromatic heterocycles. The monoisotopic (exact) mass is 185 g/mol. The summed E-state index contributed by atoms with van der Waals surface area (Å²) in [7, 11) is -1.26. The first kappa shape index (κ1) is 9.77. The maximum Gasteiger partial charge on any atom is 0.220 e. The number of rotatable bonds is 1. The molecule has 1 aliphatic rings. The molecule has 1 saturated heterocycles. The van der Waals surface area contributed by atoms with Gasteiger partial charge in [0.15, 0.2) is 0 Å². The first-order chi connectivity index (χ1) is 5.52. The highest BCUT2D eigenvalue weighted by molar-refractivity contribution is 6.80. The lowest BCUT2D eigenvalue weighted by Gasteiger charge is -2.25. The molecule has 0 radical (unpaired) electrons. The van der Waals surface area contributed by atoms with E-state index in [0.29, 0.717) is 11.4 Å². The van der Waals surface area contributed by atoms with Crippen molar-refractivity contribution in [1.29, 1.82) is 0 Å². The molecule has 0 bridgehead atoms. The Bertz CT molecular complexity index is 174. The summed E-state index contributed by atoms with van der Waals surface area (Å²) in [5.74, 6) is 0.312. The zero-order chi connectivity index (χ0) is 9.19. The molecule has 3 heteroatoms. The number of hydrogen-bond acceptors (Lipinski definition) is 1. The lowest BCUT2D eigenvalue weighted by atomic mass is 10.2. The van der Waals surface area contributed by atoms with E-state index >= 15 is 0 Å². The lowest BCUT2D eigenvalue weighted by molar-refractivity contribution is -0.120. The van der Waals surface area contributed by atoms with Crippen LogP contribution in [0.2, 0.25) is 25.2 Å². The van der Waals surface area contributed by atoms with Gasteiger partial charge < -0.3 is 5.32 Å². The molecule has 2 nitrogen and oxygen atoms in total. The summed E-state index contributed by atoms with van der Waals surface area (Å²) in [5.41, 5.74) is 0.347. The van der Waals surface area contributed by atoms with Gasteiger partial charge in [-0.1, -0.05) is 26.1 Å². The van der Waals surface area contributed by atoms with Crippen molar-refractivity contribution >= 4 is 14.0 Å². The fraction of sp³-hybridized carbons (Fsp3) is 0.889. The van der Waals surface area contributed by atoms with E-state index in [1.165, 1.54) is 6.42 Å². The second-order valence-corrected chi connectivity index (χ2v) is 10.1. The van der Waals surface area contributed by atoms with Gasteiger partial charge in [0.25, 0.3) is 0 Å².